The molecule has 0 radical (unpaired) electrons. The molecule has 0 saturated heterocycles. The predicted molar refractivity (Wildman–Crippen MR) is 102 cm³/mol. The van der Waals surface area contributed by atoms with Crippen molar-refractivity contribution in [2.24, 2.45) is 0 Å². The second kappa shape index (κ2) is 7.73. The molecular formula is C20H25N5O2. The number of nitrogens with zero attached hydrogens (tertiary/aromatic N) is 3. The smallest absolute Gasteiger partial charge is 0.227 e. The fourth-order valence-electron chi connectivity index (χ4n) is 2.63. The molecule has 7 heteroatoms. The molecule has 0 spiro atoms. The van der Waals surface area contributed by atoms with E-state index in [0.29, 0.717) is 24.7 Å². The molecule has 0 fully saturated rings. The van der Waals surface area contributed by atoms with Crippen molar-refractivity contribution < 1.29 is 9.32 Å². The molecule has 0 aliphatic heterocycles. The Labute approximate surface area is 158 Å². The van der Waals surface area contributed by atoms with Gasteiger partial charge in [-0.05, 0) is 18.6 Å². The molecule has 3 rings (SSSR count). The van der Waals surface area contributed by atoms with Crippen LogP contribution in [0.3, 0.4) is 0 Å². The molecule has 1 amide bonds. The fourth-order valence-corrected chi connectivity index (χ4v) is 2.63. The molecule has 2 aromatic heterocycles. The van der Waals surface area contributed by atoms with Crippen molar-refractivity contribution in [3.63, 3.8) is 0 Å². The van der Waals surface area contributed by atoms with Gasteiger partial charge in [0.05, 0.1) is 17.9 Å². The van der Waals surface area contributed by atoms with Crippen LogP contribution in [0.25, 0.3) is 11.4 Å². The normalized spacial score (nSPS) is 11.6. The minimum Gasteiger partial charge on any atom is -0.350 e. The lowest BCUT2D eigenvalue weighted by molar-refractivity contribution is -0.121. The van der Waals surface area contributed by atoms with Crippen LogP contribution in [0.15, 0.2) is 34.9 Å². The third-order valence-corrected chi connectivity index (χ3v) is 4.30. The van der Waals surface area contributed by atoms with E-state index in [2.05, 4.69) is 46.4 Å². The van der Waals surface area contributed by atoms with Crippen LogP contribution in [-0.2, 0) is 23.2 Å². The van der Waals surface area contributed by atoms with Gasteiger partial charge in [0.1, 0.15) is 0 Å². The minimum atomic E-state index is -0.0717. The molecule has 0 saturated carbocycles. The maximum Gasteiger partial charge on any atom is 0.227 e. The number of rotatable bonds is 6. The van der Waals surface area contributed by atoms with Crippen LogP contribution in [0.4, 0.5) is 0 Å². The van der Waals surface area contributed by atoms with Gasteiger partial charge in [0, 0.05) is 23.8 Å². The van der Waals surface area contributed by atoms with Gasteiger partial charge in [0.15, 0.2) is 0 Å². The topological polar surface area (TPSA) is 96.7 Å². The van der Waals surface area contributed by atoms with Crippen LogP contribution in [0, 0.1) is 6.92 Å². The van der Waals surface area contributed by atoms with E-state index in [1.54, 1.807) is 0 Å². The zero-order valence-corrected chi connectivity index (χ0v) is 16.2. The maximum atomic E-state index is 12.1. The Kier molecular flexibility index (Phi) is 5.39. The van der Waals surface area contributed by atoms with E-state index in [4.69, 9.17) is 4.52 Å². The minimum absolute atomic E-state index is 0.0223. The van der Waals surface area contributed by atoms with E-state index >= 15 is 0 Å². The highest BCUT2D eigenvalue weighted by Gasteiger charge is 2.17. The third-order valence-electron chi connectivity index (χ3n) is 4.30. The number of nitrogens with one attached hydrogen (secondary N) is 2. The molecule has 0 unspecified atom stereocenters. The number of carbonyl (C=O) groups is 1. The van der Waals surface area contributed by atoms with Gasteiger partial charge in [-0.1, -0.05) is 50.2 Å². The van der Waals surface area contributed by atoms with Crippen LogP contribution in [-0.4, -0.2) is 26.2 Å². The summed E-state index contributed by atoms with van der Waals surface area (Å²) in [4.78, 5) is 16.5. The van der Waals surface area contributed by atoms with Gasteiger partial charge >= 0.3 is 0 Å². The summed E-state index contributed by atoms with van der Waals surface area (Å²) in [6.07, 6.45) is 0.691. The third kappa shape index (κ3) is 4.81. The Morgan fingerprint density at radius 3 is 2.74 bits per heavy atom. The molecule has 1 aromatic carbocycles. The summed E-state index contributed by atoms with van der Waals surface area (Å²) in [5.41, 5.74) is 3.85. The lowest BCUT2D eigenvalue weighted by Gasteiger charge is -2.13. The Morgan fingerprint density at radius 2 is 2.04 bits per heavy atom. The van der Waals surface area contributed by atoms with Crippen molar-refractivity contribution >= 4 is 5.91 Å². The molecule has 2 heterocycles. The average Bonchev–Trinajstić information content (AvgIpc) is 3.28. The Balaban J connectivity index is 1.50. The molecule has 0 atom stereocenters. The Hall–Kier alpha value is -2.96. The summed E-state index contributed by atoms with van der Waals surface area (Å²) in [6.45, 7) is 8.71. The van der Waals surface area contributed by atoms with E-state index < -0.39 is 0 Å². The van der Waals surface area contributed by atoms with Crippen LogP contribution in [0.5, 0.6) is 0 Å². The van der Waals surface area contributed by atoms with Crippen molar-refractivity contribution in [2.45, 2.75) is 52.5 Å². The van der Waals surface area contributed by atoms with E-state index in [9.17, 15) is 4.79 Å². The first-order valence-corrected chi connectivity index (χ1v) is 9.03. The van der Waals surface area contributed by atoms with Gasteiger partial charge in [-0.15, -0.1) is 0 Å². The highest BCUT2D eigenvalue weighted by atomic mass is 16.5. The van der Waals surface area contributed by atoms with Crippen LogP contribution < -0.4 is 5.32 Å². The second-order valence-corrected chi connectivity index (χ2v) is 7.63. The van der Waals surface area contributed by atoms with Gasteiger partial charge in [-0.2, -0.15) is 10.1 Å². The molecule has 27 heavy (non-hydrogen) atoms. The molecule has 2 N–H and O–H groups in total. The lowest BCUT2D eigenvalue weighted by Crippen LogP contribution is -2.23. The summed E-state index contributed by atoms with van der Waals surface area (Å²) in [7, 11) is 0. The predicted octanol–water partition coefficient (Wildman–Crippen LogP) is 3.31. The molecule has 3 aromatic rings. The van der Waals surface area contributed by atoms with Crippen molar-refractivity contribution in [3.05, 3.63) is 53.2 Å². The summed E-state index contributed by atoms with van der Waals surface area (Å²) in [5.74, 6) is 0.938. The number of aromatic nitrogens is 4. The van der Waals surface area contributed by atoms with Gasteiger partial charge < -0.3 is 9.84 Å². The number of hydrogen-bond acceptors (Lipinski definition) is 5. The highest BCUT2D eigenvalue weighted by molar-refractivity contribution is 5.76. The summed E-state index contributed by atoms with van der Waals surface area (Å²) >= 11 is 0. The van der Waals surface area contributed by atoms with Crippen LogP contribution in [0.2, 0.25) is 0 Å². The van der Waals surface area contributed by atoms with Gasteiger partial charge in [0.2, 0.25) is 17.6 Å². The number of aryl methyl sites for hydroxylation is 2. The van der Waals surface area contributed by atoms with E-state index in [1.165, 1.54) is 0 Å². The van der Waals surface area contributed by atoms with Crippen molar-refractivity contribution in [1.29, 1.82) is 0 Å². The van der Waals surface area contributed by atoms with Gasteiger partial charge in [-0.3, -0.25) is 9.89 Å². The number of carbonyl (C=O) groups excluding carboxylic acids is 1. The fraction of sp³-hybridized carbons (Fsp3) is 0.400. The molecule has 0 aliphatic carbocycles. The van der Waals surface area contributed by atoms with Crippen LogP contribution in [0.1, 0.15) is 50.0 Å². The molecule has 0 bridgehead atoms. The quantitative estimate of drug-likeness (QED) is 0.697. The molecular weight excluding hydrogens is 342 g/mol. The number of amides is 1. The average molecular weight is 367 g/mol. The highest BCUT2D eigenvalue weighted by Crippen LogP contribution is 2.21. The molecule has 7 nitrogen and oxygen atoms in total. The summed E-state index contributed by atoms with van der Waals surface area (Å²) < 4.78 is 5.27. The van der Waals surface area contributed by atoms with E-state index in [1.807, 2.05) is 37.3 Å². The van der Waals surface area contributed by atoms with Gasteiger partial charge in [0.25, 0.3) is 0 Å². The lowest BCUT2D eigenvalue weighted by atomic mass is 9.92. The molecule has 142 valence electrons. The Bertz CT molecular complexity index is 920. The van der Waals surface area contributed by atoms with Crippen molar-refractivity contribution in [2.75, 3.05) is 0 Å². The summed E-state index contributed by atoms with van der Waals surface area (Å²) in [6, 6.07) is 9.83. The second-order valence-electron chi connectivity index (χ2n) is 7.63. The van der Waals surface area contributed by atoms with Gasteiger partial charge in [-0.25, -0.2) is 0 Å². The largest absolute Gasteiger partial charge is 0.350 e. The number of hydrogen-bond donors (Lipinski definition) is 2. The zero-order valence-electron chi connectivity index (χ0n) is 16.2. The van der Waals surface area contributed by atoms with Crippen molar-refractivity contribution in [3.8, 4) is 11.4 Å². The Morgan fingerprint density at radius 1 is 1.26 bits per heavy atom. The standard InChI is InChI=1S/C20H25N5O2/c1-13-7-5-6-8-15(13)19-22-18(27-25-19)10-9-17(26)21-12-14-11-16(24-23-14)20(2,3)4/h5-8,11H,9-10,12H2,1-4H3,(H,21,26)(H,23,24). The first-order chi connectivity index (χ1) is 12.8. The number of benzene rings is 1. The molecule has 0 aliphatic rings. The SMILES string of the molecule is Cc1ccccc1-c1noc(CCC(=O)NCc2cc(C(C)(C)C)n[nH]2)n1. The first-order valence-electron chi connectivity index (χ1n) is 9.03. The number of H-pyrrole nitrogens is 1. The monoisotopic (exact) mass is 367 g/mol. The summed E-state index contributed by atoms with van der Waals surface area (Å²) in [5, 5.41) is 14.1. The van der Waals surface area contributed by atoms with E-state index in [0.717, 1.165) is 22.5 Å². The first kappa shape index (κ1) is 18.8. The zero-order chi connectivity index (χ0) is 19.4. The maximum absolute atomic E-state index is 12.1. The van der Waals surface area contributed by atoms with E-state index in [-0.39, 0.29) is 17.7 Å². The van der Waals surface area contributed by atoms with Crippen molar-refractivity contribution in [1.82, 2.24) is 25.7 Å². The van der Waals surface area contributed by atoms with Crippen LogP contribution >= 0.6 is 0 Å². The number of aromatic amines is 1.